The fourth-order valence-electron chi connectivity index (χ4n) is 2.26. The molecule has 0 aliphatic carbocycles. The van der Waals surface area contributed by atoms with Crippen molar-refractivity contribution in [1.29, 1.82) is 0 Å². The molecule has 0 fully saturated rings. The van der Waals surface area contributed by atoms with Crippen LogP contribution in [0.4, 0.5) is 0 Å². The summed E-state index contributed by atoms with van der Waals surface area (Å²) in [5.74, 6) is -0.259. The van der Waals surface area contributed by atoms with Crippen molar-refractivity contribution in [2.45, 2.75) is 6.04 Å². The van der Waals surface area contributed by atoms with E-state index in [0.717, 1.165) is 11.1 Å². The molecule has 2 rings (SSSR count). The molecule has 1 unspecified atom stereocenters. The van der Waals surface area contributed by atoms with E-state index in [2.05, 4.69) is 5.32 Å². The van der Waals surface area contributed by atoms with Gasteiger partial charge in [0, 0.05) is 11.3 Å². The van der Waals surface area contributed by atoms with Crippen molar-refractivity contribution in [3.63, 3.8) is 0 Å². The number of thioether (sulfide) groups is 1. The van der Waals surface area contributed by atoms with Gasteiger partial charge in [-0.25, -0.2) is 4.79 Å². The van der Waals surface area contributed by atoms with E-state index in [1.807, 2.05) is 54.8 Å². The van der Waals surface area contributed by atoms with E-state index in [1.165, 1.54) is 18.9 Å². The first-order valence-electron chi connectivity index (χ1n) is 7.19. The minimum absolute atomic E-state index is 0.283. The highest BCUT2D eigenvalue weighted by Gasteiger charge is 2.22. The highest BCUT2D eigenvalue weighted by atomic mass is 32.2. The Kier molecular flexibility index (Phi) is 6.23. The Bertz CT molecular complexity index is 673. The van der Waals surface area contributed by atoms with Gasteiger partial charge in [-0.1, -0.05) is 48.5 Å². The first-order chi connectivity index (χ1) is 11.2. The highest BCUT2D eigenvalue weighted by molar-refractivity contribution is 7.98. The van der Waals surface area contributed by atoms with Crippen molar-refractivity contribution >= 4 is 23.6 Å². The zero-order valence-corrected chi connectivity index (χ0v) is 13.9. The third-order valence-electron chi connectivity index (χ3n) is 3.38. The maximum absolute atomic E-state index is 12.6. The molecule has 1 atom stereocenters. The molecule has 1 N–H and O–H groups in total. The largest absolute Gasteiger partial charge is 0.467 e. The lowest BCUT2D eigenvalue weighted by molar-refractivity contribution is -0.142. The number of esters is 1. The Morgan fingerprint density at radius 2 is 1.74 bits per heavy atom. The predicted octanol–water partition coefficient (Wildman–Crippen LogP) is 2.99. The maximum atomic E-state index is 12.6. The first kappa shape index (κ1) is 17.1. The van der Waals surface area contributed by atoms with Gasteiger partial charge in [0.1, 0.15) is 6.04 Å². The summed E-state index contributed by atoms with van der Waals surface area (Å²) in [7, 11) is 1.32. The van der Waals surface area contributed by atoms with Gasteiger partial charge in [-0.2, -0.15) is 11.8 Å². The van der Waals surface area contributed by atoms with Gasteiger partial charge < -0.3 is 10.1 Å². The van der Waals surface area contributed by atoms with Crippen molar-refractivity contribution in [3.05, 3.63) is 60.2 Å². The predicted molar refractivity (Wildman–Crippen MR) is 93.5 cm³/mol. The van der Waals surface area contributed by atoms with Gasteiger partial charge in [-0.3, -0.25) is 4.79 Å². The molecular weight excluding hydrogens is 310 g/mol. The summed E-state index contributed by atoms with van der Waals surface area (Å²) in [6.07, 6.45) is 1.88. The summed E-state index contributed by atoms with van der Waals surface area (Å²) in [5, 5.41) is 2.76. The van der Waals surface area contributed by atoms with E-state index >= 15 is 0 Å². The summed E-state index contributed by atoms with van der Waals surface area (Å²) < 4.78 is 4.75. The van der Waals surface area contributed by atoms with Crippen LogP contribution in [-0.2, 0) is 9.53 Å². The molecule has 5 heteroatoms. The van der Waals surface area contributed by atoms with Crippen molar-refractivity contribution in [2.75, 3.05) is 19.1 Å². The topological polar surface area (TPSA) is 55.4 Å². The van der Waals surface area contributed by atoms with Crippen LogP contribution < -0.4 is 5.32 Å². The average molecular weight is 329 g/mol. The molecule has 23 heavy (non-hydrogen) atoms. The van der Waals surface area contributed by atoms with E-state index < -0.39 is 12.0 Å². The molecule has 0 radical (unpaired) electrons. The smallest absolute Gasteiger partial charge is 0.329 e. The van der Waals surface area contributed by atoms with Crippen LogP contribution in [0.15, 0.2) is 54.6 Å². The van der Waals surface area contributed by atoms with E-state index in [1.54, 1.807) is 6.07 Å². The number of carbonyl (C=O) groups is 2. The first-order valence-corrected chi connectivity index (χ1v) is 8.59. The lowest BCUT2D eigenvalue weighted by Crippen LogP contribution is -2.43. The Morgan fingerprint density at radius 1 is 1.09 bits per heavy atom. The molecule has 4 nitrogen and oxygen atoms in total. The van der Waals surface area contributed by atoms with Gasteiger partial charge in [-0.15, -0.1) is 0 Å². The van der Waals surface area contributed by atoms with Crippen LogP contribution in [0.1, 0.15) is 10.4 Å². The third-order valence-corrected chi connectivity index (χ3v) is 4.05. The van der Waals surface area contributed by atoms with Gasteiger partial charge in [0.15, 0.2) is 0 Å². The highest BCUT2D eigenvalue weighted by Crippen LogP contribution is 2.23. The molecule has 1 amide bonds. The molecular formula is C18H19NO3S. The number of carbonyl (C=O) groups excluding carboxylic acids is 2. The summed E-state index contributed by atoms with van der Waals surface area (Å²) in [5.41, 5.74) is 2.32. The second-order valence-corrected chi connectivity index (χ2v) is 5.83. The van der Waals surface area contributed by atoms with Gasteiger partial charge in [-0.05, 0) is 23.4 Å². The second-order valence-electron chi connectivity index (χ2n) is 4.92. The standard InChI is InChI=1S/C18H19NO3S/c1-22-18(21)16(12-23-2)19-17(20)15-11-7-6-10-14(15)13-8-4-3-5-9-13/h3-11,16H,12H2,1-2H3,(H,19,20). The summed E-state index contributed by atoms with van der Waals surface area (Å²) in [6.45, 7) is 0. The molecule has 0 aromatic heterocycles. The van der Waals surface area contributed by atoms with Crippen LogP contribution >= 0.6 is 11.8 Å². The van der Waals surface area contributed by atoms with Crippen LogP contribution in [0.5, 0.6) is 0 Å². The van der Waals surface area contributed by atoms with Crippen molar-refractivity contribution in [3.8, 4) is 11.1 Å². The molecule has 0 aliphatic rings. The number of methoxy groups -OCH3 is 1. The van der Waals surface area contributed by atoms with Crippen molar-refractivity contribution in [1.82, 2.24) is 5.32 Å². The Morgan fingerprint density at radius 3 is 2.39 bits per heavy atom. The number of benzene rings is 2. The molecule has 0 saturated heterocycles. The Labute approximate surface area is 140 Å². The van der Waals surface area contributed by atoms with Crippen molar-refractivity contribution < 1.29 is 14.3 Å². The minimum Gasteiger partial charge on any atom is -0.467 e. The molecule has 0 heterocycles. The molecule has 0 aliphatic heterocycles. The molecule has 0 saturated carbocycles. The fourth-order valence-corrected chi connectivity index (χ4v) is 2.82. The molecule has 2 aromatic rings. The molecule has 0 spiro atoms. The van der Waals surface area contributed by atoms with E-state index in [0.29, 0.717) is 11.3 Å². The summed E-state index contributed by atoms with van der Waals surface area (Å²) in [4.78, 5) is 24.4. The summed E-state index contributed by atoms with van der Waals surface area (Å²) in [6, 6.07) is 16.4. The van der Waals surface area contributed by atoms with E-state index in [4.69, 9.17) is 4.74 Å². The monoisotopic (exact) mass is 329 g/mol. The SMILES string of the molecule is COC(=O)C(CSC)NC(=O)c1ccccc1-c1ccccc1. The van der Waals surface area contributed by atoms with Crippen molar-refractivity contribution in [2.24, 2.45) is 0 Å². The fraction of sp³-hybridized carbons (Fsp3) is 0.222. The number of hydrogen-bond acceptors (Lipinski definition) is 4. The Balaban J connectivity index is 2.28. The van der Waals surface area contributed by atoms with Crippen LogP contribution in [0.2, 0.25) is 0 Å². The number of hydrogen-bond donors (Lipinski definition) is 1. The van der Waals surface area contributed by atoms with E-state index in [9.17, 15) is 9.59 Å². The second kappa shape index (κ2) is 8.39. The van der Waals surface area contributed by atoms with Gasteiger partial charge in [0.25, 0.3) is 5.91 Å². The van der Waals surface area contributed by atoms with E-state index in [-0.39, 0.29) is 5.91 Å². The Hall–Kier alpha value is -2.27. The maximum Gasteiger partial charge on any atom is 0.329 e. The molecule has 2 aromatic carbocycles. The average Bonchev–Trinajstić information content (AvgIpc) is 2.61. The minimum atomic E-state index is -0.661. The normalized spacial score (nSPS) is 11.6. The quantitative estimate of drug-likeness (QED) is 0.828. The number of rotatable bonds is 6. The van der Waals surface area contributed by atoms with Gasteiger partial charge in [0.2, 0.25) is 0 Å². The molecule has 0 bridgehead atoms. The molecule has 120 valence electrons. The summed E-state index contributed by atoms with van der Waals surface area (Å²) >= 11 is 1.48. The van der Waals surface area contributed by atoms with Crippen LogP contribution in [0.3, 0.4) is 0 Å². The van der Waals surface area contributed by atoms with Crippen LogP contribution in [-0.4, -0.2) is 37.0 Å². The van der Waals surface area contributed by atoms with Gasteiger partial charge in [0.05, 0.1) is 7.11 Å². The number of ether oxygens (including phenoxy) is 1. The van der Waals surface area contributed by atoms with Gasteiger partial charge >= 0.3 is 5.97 Å². The zero-order valence-electron chi connectivity index (χ0n) is 13.1. The lowest BCUT2D eigenvalue weighted by Gasteiger charge is -2.17. The zero-order chi connectivity index (χ0) is 16.7. The number of amides is 1. The van der Waals surface area contributed by atoms with Crippen LogP contribution in [0, 0.1) is 0 Å². The van der Waals surface area contributed by atoms with Crippen LogP contribution in [0.25, 0.3) is 11.1 Å². The third kappa shape index (κ3) is 4.36. The number of nitrogens with one attached hydrogen (secondary N) is 1. The lowest BCUT2D eigenvalue weighted by atomic mass is 9.99.